The first-order valence-corrected chi connectivity index (χ1v) is 6.01. The van der Waals surface area contributed by atoms with Gasteiger partial charge in [0.15, 0.2) is 0 Å². The van der Waals surface area contributed by atoms with Crippen LogP contribution in [-0.2, 0) is 9.59 Å². The van der Waals surface area contributed by atoms with Crippen LogP contribution in [0.15, 0.2) is 13.2 Å². The van der Waals surface area contributed by atoms with Crippen molar-refractivity contribution in [2.75, 3.05) is 13.1 Å². The lowest BCUT2D eigenvalue weighted by Crippen LogP contribution is -2.53. The maximum absolute atomic E-state index is 11.6. The van der Waals surface area contributed by atoms with E-state index >= 15 is 0 Å². The van der Waals surface area contributed by atoms with Crippen LogP contribution in [0.3, 0.4) is 0 Å². The molecule has 0 atom stereocenters. The van der Waals surface area contributed by atoms with Gasteiger partial charge in [-0.2, -0.15) is 0 Å². The van der Waals surface area contributed by atoms with E-state index in [1.807, 2.05) is 13.8 Å². The number of carbonyl (C=O) groups is 2. The van der Waals surface area contributed by atoms with Crippen molar-refractivity contribution < 1.29 is 14.7 Å². The quantitative estimate of drug-likeness (QED) is 0.535. The van der Waals surface area contributed by atoms with Crippen LogP contribution in [-0.4, -0.2) is 40.9 Å². The van der Waals surface area contributed by atoms with E-state index in [1.165, 1.54) is 0 Å². The zero-order valence-corrected chi connectivity index (χ0v) is 12.3. The van der Waals surface area contributed by atoms with Gasteiger partial charge in [-0.25, -0.2) is 0 Å². The normalized spacial score (nSPS) is 18.8. The first-order valence-electron chi connectivity index (χ1n) is 6.01. The lowest BCUT2D eigenvalue weighted by atomic mass is 9.81. The minimum absolute atomic E-state index is 0.147. The summed E-state index contributed by atoms with van der Waals surface area (Å²) in [6.45, 7) is 18.3. The number of hydrogen-bond donors (Lipinski definition) is 1. The van der Waals surface area contributed by atoms with Crippen molar-refractivity contribution in [1.82, 2.24) is 4.90 Å². The Morgan fingerprint density at radius 2 is 1.72 bits per heavy atom. The number of carbonyl (C=O) groups excluding carboxylic acids is 1. The molecule has 0 aromatic carbocycles. The molecular weight excluding hydrogens is 230 g/mol. The SMILES string of the molecule is C=C.CC1(C)CN(C(C)(C)C)CCC1=O.O=CO. The molecule has 0 radical (unpaired) electrons. The predicted molar refractivity (Wildman–Crippen MR) is 74.7 cm³/mol. The number of likely N-dealkylation sites (tertiary alicyclic amines) is 1. The molecule has 1 heterocycles. The predicted octanol–water partition coefficient (Wildman–Crippen LogP) is 2.59. The molecule has 106 valence electrons. The molecule has 0 aromatic heterocycles. The number of ketones is 1. The summed E-state index contributed by atoms with van der Waals surface area (Å²) in [5.74, 6) is 0.410. The average Bonchev–Trinajstić information content (AvgIpc) is 2.24. The van der Waals surface area contributed by atoms with E-state index in [0.29, 0.717) is 12.2 Å². The molecule has 0 amide bonds. The van der Waals surface area contributed by atoms with Gasteiger partial charge < -0.3 is 5.11 Å². The first-order chi connectivity index (χ1) is 8.15. The van der Waals surface area contributed by atoms with Gasteiger partial charge in [-0.05, 0) is 20.8 Å². The largest absolute Gasteiger partial charge is 0.483 e. The van der Waals surface area contributed by atoms with E-state index in [9.17, 15) is 4.79 Å². The molecule has 0 unspecified atom stereocenters. The standard InChI is InChI=1S/C11H21NO.C2H4.CH2O2/c1-10(2,3)12-7-6-9(13)11(4,5)8-12;1-2;2-1-3/h6-8H2,1-5H3;1-2H2;1H,(H,2,3). The Bertz CT molecular complexity index is 267. The third-order valence-electron chi connectivity index (χ3n) is 2.90. The lowest BCUT2D eigenvalue weighted by molar-refractivity contribution is -0.133. The summed E-state index contributed by atoms with van der Waals surface area (Å²) < 4.78 is 0. The fraction of sp³-hybridized carbons (Fsp3) is 0.714. The molecule has 1 fully saturated rings. The molecule has 1 N–H and O–H groups in total. The average molecular weight is 257 g/mol. The highest BCUT2D eigenvalue weighted by Gasteiger charge is 2.37. The fourth-order valence-electron chi connectivity index (χ4n) is 1.79. The summed E-state index contributed by atoms with van der Waals surface area (Å²) in [6, 6.07) is 0. The number of rotatable bonds is 0. The molecule has 0 bridgehead atoms. The first kappa shape index (κ1) is 19.2. The van der Waals surface area contributed by atoms with Gasteiger partial charge in [0.2, 0.25) is 0 Å². The molecule has 1 rings (SSSR count). The van der Waals surface area contributed by atoms with Crippen molar-refractivity contribution in [2.24, 2.45) is 5.41 Å². The van der Waals surface area contributed by atoms with Crippen LogP contribution in [0.2, 0.25) is 0 Å². The summed E-state index contributed by atoms with van der Waals surface area (Å²) in [6.07, 6.45) is 0.713. The van der Waals surface area contributed by atoms with Crippen LogP contribution in [0, 0.1) is 5.41 Å². The fourth-order valence-corrected chi connectivity index (χ4v) is 1.79. The van der Waals surface area contributed by atoms with Gasteiger partial charge in [0, 0.05) is 30.5 Å². The van der Waals surface area contributed by atoms with Gasteiger partial charge in [-0.3, -0.25) is 14.5 Å². The van der Waals surface area contributed by atoms with Gasteiger partial charge in [-0.1, -0.05) is 13.8 Å². The second-order valence-electron chi connectivity index (χ2n) is 5.75. The minimum Gasteiger partial charge on any atom is -0.483 e. The number of nitrogens with zero attached hydrogens (tertiary/aromatic N) is 1. The van der Waals surface area contributed by atoms with Crippen LogP contribution in [0.1, 0.15) is 41.0 Å². The van der Waals surface area contributed by atoms with Gasteiger partial charge in [0.1, 0.15) is 5.78 Å². The maximum Gasteiger partial charge on any atom is 0.290 e. The van der Waals surface area contributed by atoms with E-state index in [2.05, 4.69) is 38.8 Å². The number of hydrogen-bond acceptors (Lipinski definition) is 3. The molecule has 1 saturated heterocycles. The molecule has 0 aliphatic carbocycles. The minimum atomic E-state index is -0.250. The van der Waals surface area contributed by atoms with Gasteiger partial charge in [0.05, 0.1) is 0 Å². The van der Waals surface area contributed by atoms with Crippen LogP contribution in [0.4, 0.5) is 0 Å². The van der Waals surface area contributed by atoms with Crippen molar-refractivity contribution in [2.45, 2.75) is 46.6 Å². The summed E-state index contributed by atoms with van der Waals surface area (Å²) in [7, 11) is 0. The Balaban J connectivity index is 0. The molecule has 0 saturated carbocycles. The van der Waals surface area contributed by atoms with E-state index < -0.39 is 0 Å². The highest BCUT2D eigenvalue weighted by Crippen LogP contribution is 2.29. The summed E-state index contributed by atoms with van der Waals surface area (Å²) >= 11 is 0. The Kier molecular flexibility index (Phi) is 8.56. The molecule has 4 nitrogen and oxygen atoms in total. The number of carboxylic acid groups (broad SMARTS) is 1. The number of Topliss-reactive ketones (excluding diaryl/α,β-unsaturated/α-hetero) is 1. The number of piperidine rings is 1. The molecular formula is C14H27NO3. The Morgan fingerprint density at radius 1 is 1.33 bits per heavy atom. The zero-order valence-electron chi connectivity index (χ0n) is 12.3. The van der Waals surface area contributed by atoms with Gasteiger partial charge in [0.25, 0.3) is 6.47 Å². The monoisotopic (exact) mass is 257 g/mol. The third-order valence-corrected chi connectivity index (χ3v) is 2.90. The van der Waals surface area contributed by atoms with Crippen LogP contribution in [0.5, 0.6) is 0 Å². The maximum atomic E-state index is 11.6. The second-order valence-corrected chi connectivity index (χ2v) is 5.75. The van der Waals surface area contributed by atoms with Crippen molar-refractivity contribution in [3.63, 3.8) is 0 Å². The zero-order chi connectivity index (χ0) is 15.0. The molecule has 1 aliphatic heterocycles. The third kappa shape index (κ3) is 6.55. The van der Waals surface area contributed by atoms with E-state index in [4.69, 9.17) is 9.90 Å². The highest BCUT2D eigenvalue weighted by molar-refractivity contribution is 5.85. The molecule has 1 aliphatic rings. The van der Waals surface area contributed by atoms with Crippen LogP contribution in [0.25, 0.3) is 0 Å². The van der Waals surface area contributed by atoms with Gasteiger partial charge in [-0.15, -0.1) is 13.2 Å². The molecule has 18 heavy (non-hydrogen) atoms. The Labute approximate surface area is 111 Å². The molecule has 4 heteroatoms. The summed E-state index contributed by atoms with van der Waals surface area (Å²) in [5.41, 5.74) is 0.0451. The van der Waals surface area contributed by atoms with Crippen LogP contribution >= 0.6 is 0 Å². The van der Waals surface area contributed by atoms with Crippen molar-refractivity contribution >= 4 is 12.3 Å². The van der Waals surface area contributed by atoms with Gasteiger partial charge >= 0.3 is 0 Å². The topological polar surface area (TPSA) is 57.6 Å². The van der Waals surface area contributed by atoms with E-state index in [1.54, 1.807) is 0 Å². The van der Waals surface area contributed by atoms with Crippen molar-refractivity contribution in [3.05, 3.63) is 13.2 Å². The van der Waals surface area contributed by atoms with Crippen molar-refractivity contribution in [3.8, 4) is 0 Å². The van der Waals surface area contributed by atoms with Crippen molar-refractivity contribution in [1.29, 1.82) is 0 Å². The highest BCUT2D eigenvalue weighted by atomic mass is 16.3. The second kappa shape index (κ2) is 8.03. The smallest absolute Gasteiger partial charge is 0.290 e. The molecule has 0 aromatic rings. The summed E-state index contributed by atoms with van der Waals surface area (Å²) in [5, 5.41) is 6.89. The lowest BCUT2D eigenvalue weighted by Gasteiger charge is -2.44. The Morgan fingerprint density at radius 3 is 2.00 bits per heavy atom. The molecule has 0 spiro atoms. The van der Waals surface area contributed by atoms with E-state index in [0.717, 1.165) is 13.1 Å². The Hall–Kier alpha value is -1.16. The summed E-state index contributed by atoms with van der Waals surface area (Å²) in [4.78, 5) is 22.3. The van der Waals surface area contributed by atoms with E-state index in [-0.39, 0.29) is 17.4 Å². The van der Waals surface area contributed by atoms with Crippen LogP contribution < -0.4 is 0 Å².